The molecule has 30 heavy (non-hydrogen) atoms. The predicted octanol–water partition coefficient (Wildman–Crippen LogP) is 5.96. The third kappa shape index (κ3) is 4.18. The van der Waals surface area contributed by atoms with Crippen molar-refractivity contribution < 1.29 is 12.8 Å². The van der Waals surface area contributed by atoms with E-state index in [9.17, 15) is 8.42 Å². The highest BCUT2D eigenvalue weighted by atomic mass is 35.5. The van der Waals surface area contributed by atoms with E-state index in [0.717, 1.165) is 27.8 Å². The Kier molecular flexibility index (Phi) is 5.50. The summed E-state index contributed by atoms with van der Waals surface area (Å²) in [7, 11) is -3.24. The SMILES string of the molecule is Cc1c(-c2cnc(Cc3ccccc3)o2)ccc(-c2ccc(S(C)(=O)=O)cc2)c1Cl. The van der Waals surface area contributed by atoms with Crippen LogP contribution >= 0.6 is 11.6 Å². The second-order valence-corrected chi connectivity index (χ2v) is 9.57. The van der Waals surface area contributed by atoms with E-state index in [-0.39, 0.29) is 4.90 Å². The van der Waals surface area contributed by atoms with Gasteiger partial charge in [-0.3, -0.25) is 0 Å². The fourth-order valence-electron chi connectivity index (χ4n) is 3.34. The Morgan fingerprint density at radius 3 is 2.27 bits per heavy atom. The quantitative estimate of drug-likeness (QED) is 0.386. The van der Waals surface area contributed by atoms with Gasteiger partial charge in [0.15, 0.2) is 21.5 Å². The number of benzene rings is 3. The second kappa shape index (κ2) is 8.09. The monoisotopic (exact) mass is 437 g/mol. The van der Waals surface area contributed by atoms with Crippen molar-refractivity contribution in [3.8, 4) is 22.5 Å². The highest BCUT2D eigenvalue weighted by Crippen LogP contribution is 2.37. The van der Waals surface area contributed by atoms with E-state index in [1.807, 2.05) is 49.4 Å². The van der Waals surface area contributed by atoms with E-state index in [2.05, 4.69) is 4.98 Å². The predicted molar refractivity (Wildman–Crippen MR) is 119 cm³/mol. The van der Waals surface area contributed by atoms with Gasteiger partial charge in [0, 0.05) is 23.8 Å². The Morgan fingerprint density at radius 1 is 0.933 bits per heavy atom. The summed E-state index contributed by atoms with van der Waals surface area (Å²) in [5, 5.41) is 0.598. The van der Waals surface area contributed by atoms with Gasteiger partial charge in [-0.1, -0.05) is 66.2 Å². The smallest absolute Gasteiger partial charge is 0.199 e. The van der Waals surface area contributed by atoms with Crippen LogP contribution in [0.2, 0.25) is 5.02 Å². The lowest BCUT2D eigenvalue weighted by Gasteiger charge is -2.11. The van der Waals surface area contributed by atoms with Crippen LogP contribution in [0.25, 0.3) is 22.5 Å². The largest absolute Gasteiger partial charge is 0.440 e. The number of oxazole rings is 1. The molecule has 4 aromatic rings. The van der Waals surface area contributed by atoms with Crippen LogP contribution in [0, 0.1) is 6.92 Å². The van der Waals surface area contributed by atoms with Gasteiger partial charge in [-0.05, 0) is 35.7 Å². The van der Waals surface area contributed by atoms with E-state index in [0.29, 0.717) is 23.1 Å². The highest BCUT2D eigenvalue weighted by molar-refractivity contribution is 7.90. The van der Waals surface area contributed by atoms with E-state index < -0.39 is 9.84 Å². The van der Waals surface area contributed by atoms with Crippen LogP contribution in [0.3, 0.4) is 0 Å². The first-order valence-electron chi connectivity index (χ1n) is 9.41. The molecule has 3 aromatic carbocycles. The zero-order valence-corrected chi connectivity index (χ0v) is 18.2. The fourth-order valence-corrected chi connectivity index (χ4v) is 4.25. The molecule has 0 aliphatic carbocycles. The molecule has 1 aromatic heterocycles. The molecule has 6 heteroatoms. The number of hydrogen-bond acceptors (Lipinski definition) is 4. The summed E-state index contributed by atoms with van der Waals surface area (Å²) in [6.07, 6.45) is 3.53. The molecule has 0 saturated heterocycles. The zero-order chi connectivity index (χ0) is 21.3. The lowest BCUT2D eigenvalue weighted by molar-refractivity contribution is 0.519. The van der Waals surface area contributed by atoms with E-state index in [4.69, 9.17) is 16.0 Å². The molecule has 0 aliphatic rings. The molecular weight excluding hydrogens is 418 g/mol. The van der Waals surface area contributed by atoms with Crippen LogP contribution in [-0.4, -0.2) is 19.7 Å². The molecule has 0 aliphatic heterocycles. The number of sulfone groups is 1. The first-order valence-corrected chi connectivity index (χ1v) is 11.7. The van der Waals surface area contributed by atoms with Gasteiger partial charge in [-0.2, -0.15) is 0 Å². The van der Waals surface area contributed by atoms with Gasteiger partial charge in [0.05, 0.1) is 16.1 Å². The van der Waals surface area contributed by atoms with Gasteiger partial charge >= 0.3 is 0 Å². The van der Waals surface area contributed by atoms with Crippen molar-refractivity contribution >= 4 is 21.4 Å². The van der Waals surface area contributed by atoms with Gasteiger partial charge in [0.1, 0.15) is 0 Å². The maximum absolute atomic E-state index is 11.7. The number of aromatic nitrogens is 1. The third-order valence-corrected chi connectivity index (χ3v) is 6.61. The van der Waals surface area contributed by atoms with Crippen LogP contribution in [-0.2, 0) is 16.3 Å². The van der Waals surface area contributed by atoms with E-state index >= 15 is 0 Å². The van der Waals surface area contributed by atoms with Crippen LogP contribution in [0.1, 0.15) is 17.0 Å². The summed E-state index contributed by atoms with van der Waals surface area (Å²) in [4.78, 5) is 4.69. The molecule has 0 bridgehead atoms. The molecule has 4 rings (SSSR count). The number of hydrogen-bond donors (Lipinski definition) is 0. The summed E-state index contributed by atoms with van der Waals surface area (Å²) in [6, 6.07) is 20.6. The average Bonchev–Trinajstić information content (AvgIpc) is 3.18. The summed E-state index contributed by atoms with van der Waals surface area (Å²) < 4.78 is 29.3. The first-order chi connectivity index (χ1) is 14.3. The molecule has 0 amide bonds. The summed E-state index contributed by atoms with van der Waals surface area (Å²) in [6.45, 7) is 1.94. The number of halogens is 1. The molecule has 0 atom stereocenters. The van der Waals surface area contributed by atoms with Crippen LogP contribution < -0.4 is 0 Å². The fraction of sp³-hybridized carbons (Fsp3) is 0.125. The number of rotatable bonds is 5. The molecule has 1 heterocycles. The van der Waals surface area contributed by atoms with Crippen LogP contribution in [0.5, 0.6) is 0 Å². The highest BCUT2D eigenvalue weighted by Gasteiger charge is 2.15. The van der Waals surface area contributed by atoms with Crippen molar-refractivity contribution in [2.24, 2.45) is 0 Å². The minimum atomic E-state index is -3.24. The van der Waals surface area contributed by atoms with Gasteiger partial charge in [0.2, 0.25) is 0 Å². The summed E-state index contributed by atoms with van der Waals surface area (Å²) in [5.74, 6) is 1.31. The Balaban J connectivity index is 1.64. The number of nitrogens with zero attached hydrogens (tertiary/aromatic N) is 1. The topological polar surface area (TPSA) is 60.2 Å². The Morgan fingerprint density at radius 2 is 1.60 bits per heavy atom. The van der Waals surface area contributed by atoms with E-state index in [1.165, 1.54) is 6.26 Å². The van der Waals surface area contributed by atoms with Gasteiger partial charge in [0.25, 0.3) is 0 Å². The van der Waals surface area contributed by atoms with E-state index in [1.54, 1.807) is 30.5 Å². The lowest BCUT2D eigenvalue weighted by atomic mass is 9.99. The molecular formula is C24H20ClNO3S. The van der Waals surface area contributed by atoms with Gasteiger partial charge in [-0.25, -0.2) is 13.4 Å². The zero-order valence-electron chi connectivity index (χ0n) is 16.6. The van der Waals surface area contributed by atoms with Crippen molar-refractivity contribution in [3.63, 3.8) is 0 Å². The van der Waals surface area contributed by atoms with Crippen molar-refractivity contribution in [2.75, 3.05) is 6.26 Å². The molecule has 0 N–H and O–H groups in total. The minimum absolute atomic E-state index is 0.281. The van der Waals surface area contributed by atoms with Crippen molar-refractivity contribution in [1.29, 1.82) is 0 Å². The summed E-state index contributed by atoms with van der Waals surface area (Å²) in [5.41, 5.74) is 4.58. The standard InChI is InChI=1S/C24H20ClNO3S/c1-16-20(22-15-26-23(29-22)14-17-6-4-3-5-7-17)12-13-21(24(16)25)18-8-10-19(11-9-18)30(2,27)28/h3-13,15H,14H2,1-2H3. The molecule has 4 nitrogen and oxygen atoms in total. The Bertz CT molecular complexity index is 1290. The Hall–Kier alpha value is -2.89. The van der Waals surface area contributed by atoms with Crippen molar-refractivity contribution in [2.45, 2.75) is 18.2 Å². The molecule has 0 unspecified atom stereocenters. The van der Waals surface area contributed by atoms with Crippen molar-refractivity contribution in [1.82, 2.24) is 4.98 Å². The molecule has 0 radical (unpaired) electrons. The minimum Gasteiger partial charge on any atom is -0.440 e. The molecule has 0 spiro atoms. The summed E-state index contributed by atoms with van der Waals surface area (Å²) >= 11 is 6.67. The van der Waals surface area contributed by atoms with Gasteiger partial charge in [-0.15, -0.1) is 0 Å². The molecule has 0 saturated carbocycles. The first kappa shape index (κ1) is 20.4. The molecule has 0 fully saturated rings. The lowest BCUT2D eigenvalue weighted by Crippen LogP contribution is -1.96. The Labute approximate surface area is 181 Å². The molecule has 152 valence electrons. The second-order valence-electron chi connectivity index (χ2n) is 7.18. The maximum atomic E-state index is 11.7. The van der Waals surface area contributed by atoms with Crippen LogP contribution in [0.15, 0.2) is 82.2 Å². The van der Waals surface area contributed by atoms with Gasteiger partial charge < -0.3 is 4.42 Å². The van der Waals surface area contributed by atoms with Crippen LogP contribution in [0.4, 0.5) is 0 Å². The maximum Gasteiger partial charge on any atom is 0.199 e. The third-order valence-electron chi connectivity index (χ3n) is 5.00. The average molecular weight is 438 g/mol. The normalized spacial score (nSPS) is 11.6. The van der Waals surface area contributed by atoms with Crippen molar-refractivity contribution in [3.05, 3.63) is 95.0 Å².